The molecule has 8 nitrogen and oxygen atoms in total. The lowest BCUT2D eigenvalue weighted by molar-refractivity contribution is -0.140. The number of aryl methyl sites for hydroxylation is 1. The first-order valence-corrected chi connectivity index (χ1v) is 13.0. The number of anilines is 1. The lowest BCUT2D eigenvalue weighted by Crippen LogP contribution is -2.53. The van der Waals surface area contributed by atoms with Gasteiger partial charge in [-0.15, -0.1) is 0 Å². The van der Waals surface area contributed by atoms with Gasteiger partial charge in [-0.1, -0.05) is 55.8 Å². The van der Waals surface area contributed by atoms with E-state index in [-0.39, 0.29) is 18.1 Å². The molecule has 0 aromatic heterocycles. The number of nitrogens with zero attached hydrogens (tertiary/aromatic N) is 3. The van der Waals surface area contributed by atoms with Gasteiger partial charge in [0.1, 0.15) is 18.4 Å². The largest absolute Gasteiger partial charge is 0.354 e. The highest BCUT2D eigenvalue weighted by molar-refractivity contribution is 7.90. The van der Waals surface area contributed by atoms with Gasteiger partial charge >= 0.3 is 10.2 Å². The number of hydrogen-bond donors (Lipinski definition) is 1. The normalized spacial score (nSPS) is 12.3. The van der Waals surface area contributed by atoms with Crippen LogP contribution in [0.2, 0.25) is 0 Å². The number of rotatable bonds is 12. The lowest BCUT2D eigenvalue weighted by Gasteiger charge is -2.34. The van der Waals surface area contributed by atoms with Crippen LogP contribution in [-0.4, -0.2) is 62.7 Å². The molecule has 2 rings (SSSR count). The SMILES string of the molecule is CCCNC(=O)C(CC)N(Cc1cccc(C)c1)C(=O)CN(c1ccccc1F)S(=O)(=O)N(C)C. The van der Waals surface area contributed by atoms with Crippen LogP contribution in [0, 0.1) is 12.7 Å². The van der Waals surface area contributed by atoms with Gasteiger partial charge in [0.15, 0.2) is 0 Å². The average molecular weight is 507 g/mol. The molecule has 1 atom stereocenters. The molecule has 0 saturated carbocycles. The number of carbonyl (C=O) groups is 2. The third kappa shape index (κ3) is 7.25. The highest BCUT2D eigenvalue weighted by Gasteiger charge is 2.34. The number of nitrogens with one attached hydrogen (secondary N) is 1. The fraction of sp³-hybridized carbons (Fsp3) is 0.440. The molecule has 2 aromatic carbocycles. The molecule has 35 heavy (non-hydrogen) atoms. The van der Waals surface area contributed by atoms with E-state index < -0.39 is 34.5 Å². The first kappa shape index (κ1) is 28.3. The first-order chi connectivity index (χ1) is 16.5. The quantitative estimate of drug-likeness (QED) is 0.479. The van der Waals surface area contributed by atoms with Crippen LogP contribution in [0.3, 0.4) is 0 Å². The zero-order valence-electron chi connectivity index (χ0n) is 21.0. The van der Waals surface area contributed by atoms with Crippen molar-refractivity contribution < 1.29 is 22.4 Å². The minimum Gasteiger partial charge on any atom is -0.354 e. The van der Waals surface area contributed by atoms with Gasteiger partial charge in [0.05, 0.1) is 5.69 Å². The summed E-state index contributed by atoms with van der Waals surface area (Å²) in [5, 5.41) is 2.83. The van der Waals surface area contributed by atoms with Gasteiger partial charge in [-0.3, -0.25) is 9.59 Å². The van der Waals surface area contributed by atoms with Crippen LogP contribution in [0.25, 0.3) is 0 Å². The summed E-state index contributed by atoms with van der Waals surface area (Å²) in [6.07, 6.45) is 1.06. The van der Waals surface area contributed by atoms with E-state index in [9.17, 15) is 22.4 Å². The van der Waals surface area contributed by atoms with Crippen molar-refractivity contribution in [2.24, 2.45) is 0 Å². The molecule has 0 saturated heterocycles. The number of hydrogen-bond acceptors (Lipinski definition) is 4. The van der Waals surface area contributed by atoms with Crippen molar-refractivity contribution in [2.45, 2.75) is 46.2 Å². The van der Waals surface area contributed by atoms with E-state index in [1.54, 1.807) is 6.92 Å². The van der Waals surface area contributed by atoms with Crippen molar-refractivity contribution in [1.82, 2.24) is 14.5 Å². The molecule has 0 radical (unpaired) electrons. The average Bonchev–Trinajstić information content (AvgIpc) is 2.81. The maximum atomic E-state index is 14.7. The van der Waals surface area contributed by atoms with Crippen LogP contribution in [0.1, 0.15) is 37.8 Å². The molecular formula is C25H35FN4O4S. The Morgan fingerprint density at radius 2 is 1.74 bits per heavy atom. The smallest absolute Gasteiger partial charge is 0.304 e. The molecule has 0 spiro atoms. The molecule has 0 aliphatic heterocycles. The Balaban J connectivity index is 2.50. The molecule has 0 aliphatic rings. The molecule has 10 heteroatoms. The molecule has 2 aromatic rings. The van der Waals surface area contributed by atoms with E-state index in [0.29, 0.717) is 13.0 Å². The summed E-state index contributed by atoms with van der Waals surface area (Å²) in [5.41, 5.74) is 1.54. The van der Waals surface area contributed by atoms with Gasteiger partial charge in [0.25, 0.3) is 0 Å². The Bertz CT molecular complexity index is 1120. The topological polar surface area (TPSA) is 90.0 Å². The summed E-state index contributed by atoms with van der Waals surface area (Å²) >= 11 is 0. The Labute approximate surface area is 207 Å². The van der Waals surface area contributed by atoms with Crippen molar-refractivity contribution in [3.63, 3.8) is 0 Å². The highest BCUT2D eigenvalue weighted by atomic mass is 32.2. The van der Waals surface area contributed by atoms with Crippen LogP contribution >= 0.6 is 0 Å². The third-order valence-electron chi connectivity index (χ3n) is 5.51. The van der Waals surface area contributed by atoms with E-state index in [2.05, 4.69) is 5.32 Å². The van der Waals surface area contributed by atoms with Crippen molar-refractivity contribution >= 4 is 27.7 Å². The Morgan fingerprint density at radius 3 is 2.31 bits per heavy atom. The Kier molecular flexibility index (Phi) is 10.2. The number of para-hydroxylation sites is 1. The molecule has 0 aliphatic carbocycles. The second-order valence-electron chi connectivity index (χ2n) is 8.47. The summed E-state index contributed by atoms with van der Waals surface area (Å²) < 4.78 is 42.5. The standard InChI is InChI=1S/C25H35FN4O4S/c1-6-15-27-25(32)22(7-2)29(17-20-12-10-11-19(3)16-20)24(31)18-30(35(33,34)28(4)5)23-14-9-8-13-21(23)26/h8-14,16,22H,6-7,15,17-18H2,1-5H3,(H,27,32). The maximum Gasteiger partial charge on any atom is 0.304 e. The van der Waals surface area contributed by atoms with E-state index in [0.717, 1.165) is 32.2 Å². The highest BCUT2D eigenvalue weighted by Crippen LogP contribution is 2.24. The van der Waals surface area contributed by atoms with Gasteiger partial charge in [0.2, 0.25) is 11.8 Å². The molecule has 0 fully saturated rings. The lowest BCUT2D eigenvalue weighted by atomic mass is 10.1. The first-order valence-electron chi connectivity index (χ1n) is 11.6. The van der Waals surface area contributed by atoms with Crippen LogP contribution in [0.15, 0.2) is 48.5 Å². The van der Waals surface area contributed by atoms with E-state index in [1.165, 1.54) is 37.2 Å². The molecule has 1 unspecified atom stereocenters. The van der Waals surface area contributed by atoms with Crippen molar-refractivity contribution in [2.75, 3.05) is 31.5 Å². The summed E-state index contributed by atoms with van der Waals surface area (Å²) in [7, 11) is -1.59. The monoisotopic (exact) mass is 506 g/mol. The summed E-state index contributed by atoms with van der Waals surface area (Å²) in [6, 6.07) is 12.1. The number of benzene rings is 2. The second kappa shape index (κ2) is 12.6. The summed E-state index contributed by atoms with van der Waals surface area (Å²) in [5.74, 6) is -1.70. The second-order valence-corrected chi connectivity index (χ2v) is 10.5. The number of halogens is 1. The molecule has 0 heterocycles. The number of amides is 2. The van der Waals surface area contributed by atoms with Crippen molar-refractivity contribution in [1.29, 1.82) is 0 Å². The zero-order valence-corrected chi connectivity index (χ0v) is 21.8. The fourth-order valence-corrected chi connectivity index (χ4v) is 4.71. The predicted molar refractivity (Wildman–Crippen MR) is 135 cm³/mol. The molecular weight excluding hydrogens is 471 g/mol. The molecule has 192 valence electrons. The van der Waals surface area contributed by atoms with E-state index in [1.807, 2.05) is 38.1 Å². The van der Waals surface area contributed by atoms with E-state index in [4.69, 9.17) is 0 Å². The zero-order chi connectivity index (χ0) is 26.2. The summed E-state index contributed by atoms with van der Waals surface area (Å²) in [6.45, 7) is 5.53. The van der Waals surface area contributed by atoms with Gasteiger partial charge in [0, 0.05) is 27.2 Å². The van der Waals surface area contributed by atoms with Crippen molar-refractivity contribution in [3.8, 4) is 0 Å². The van der Waals surface area contributed by atoms with Gasteiger partial charge in [-0.2, -0.15) is 12.7 Å². The Morgan fingerprint density at radius 1 is 1.06 bits per heavy atom. The molecule has 0 bridgehead atoms. The predicted octanol–water partition coefficient (Wildman–Crippen LogP) is 3.08. The maximum absolute atomic E-state index is 14.7. The summed E-state index contributed by atoms with van der Waals surface area (Å²) in [4.78, 5) is 28.0. The van der Waals surface area contributed by atoms with Crippen LogP contribution < -0.4 is 9.62 Å². The van der Waals surface area contributed by atoms with Crippen molar-refractivity contribution in [3.05, 3.63) is 65.5 Å². The molecule has 2 amide bonds. The van der Waals surface area contributed by atoms with Gasteiger partial charge in [-0.05, 0) is 37.5 Å². The van der Waals surface area contributed by atoms with Gasteiger partial charge in [-0.25, -0.2) is 8.70 Å². The third-order valence-corrected chi connectivity index (χ3v) is 7.32. The van der Waals surface area contributed by atoms with Crippen LogP contribution in [0.4, 0.5) is 10.1 Å². The number of carbonyl (C=O) groups excluding carboxylic acids is 2. The van der Waals surface area contributed by atoms with Gasteiger partial charge < -0.3 is 10.2 Å². The Hall–Kier alpha value is -2.98. The molecule has 1 N–H and O–H groups in total. The minimum atomic E-state index is -4.21. The van der Waals surface area contributed by atoms with E-state index >= 15 is 0 Å². The van der Waals surface area contributed by atoms with Crippen LogP contribution in [0.5, 0.6) is 0 Å². The fourth-order valence-electron chi connectivity index (χ4n) is 3.65. The minimum absolute atomic E-state index is 0.103. The van der Waals surface area contributed by atoms with Crippen LogP contribution in [-0.2, 0) is 26.3 Å².